The van der Waals surface area contributed by atoms with E-state index in [1.165, 1.54) is 27.8 Å². The van der Waals surface area contributed by atoms with Crippen LogP contribution in [0.5, 0.6) is 0 Å². The van der Waals surface area contributed by atoms with Crippen LogP contribution < -0.4 is 0 Å². The molecule has 4 heteroatoms. The van der Waals surface area contributed by atoms with E-state index >= 15 is 0 Å². The molecule has 0 aliphatic carbocycles. The summed E-state index contributed by atoms with van der Waals surface area (Å²) in [4.78, 5) is 20.1. The van der Waals surface area contributed by atoms with Gasteiger partial charge in [0.2, 0.25) is 0 Å². The zero-order valence-corrected chi connectivity index (χ0v) is 31.3. The maximum Gasteiger partial charge on any atom is 0.165 e. The minimum Gasteiger partial charge on any atom is -0.255 e. The van der Waals surface area contributed by atoms with Crippen molar-refractivity contribution in [2.45, 2.75) is 13.8 Å². The van der Waals surface area contributed by atoms with Crippen molar-refractivity contribution in [1.82, 2.24) is 19.9 Å². The van der Waals surface area contributed by atoms with Gasteiger partial charge in [0.25, 0.3) is 0 Å². The van der Waals surface area contributed by atoms with Gasteiger partial charge < -0.3 is 0 Å². The number of hydrogen-bond donors (Lipinski definition) is 0. The molecule has 266 valence electrons. The highest BCUT2D eigenvalue weighted by Crippen LogP contribution is 2.35. The Hall–Kier alpha value is -7.30. The fraction of sp³-hybridized carbons (Fsp3) is 0.0385. The molecule has 0 aliphatic heterocycles. The van der Waals surface area contributed by atoms with Gasteiger partial charge in [0.05, 0.1) is 5.69 Å². The topological polar surface area (TPSA) is 51.6 Å². The van der Waals surface area contributed by atoms with Crippen LogP contribution in [0.25, 0.3) is 89.9 Å². The molecule has 56 heavy (non-hydrogen) atoms. The fourth-order valence-corrected chi connectivity index (χ4v) is 7.33. The molecule has 0 bridgehead atoms. The minimum atomic E-state index is 0.567. The van der Waals surface area contributed by atoms with Crippen LogP contribution in [0.2, 0.25) is 0 Å². The Labute approximate surface area is 327 Å². The Kier molecular flexibility index (Phi) is 9.36. The third-order valence-electron chi connectivity index (χ3n) is 10.1. The van der Waals surface area contributed by atoms with Gasteiger partial charge in [-0.3, -0.25) is 4.98 Å². The number of aromatic nitrogens is 4. The van der Waals surface area contributed by atoms with E-state index in [0.717, 1.165) is 55.8 Å². The van der Waals surface area contributed by atoms with E-state index in [-0.39, 0.29) is 0 Å². The predicted molar refractivity (Wildman–Crippen MR) is 231 cm³/mol. The molecule has 2 aromatic heterocycles. The molecule has 0 saturated carbocycles. The first-order chi connectivity index (χ1) is 27.5. The molecule has 4 nitrogen and oxygen atoms in total. The van der Waals surface area contributed by atoms with Crippen LogP contribution in [-0.4, -0.2) is 19.9 Å². The standard InChI is InChI=1S/C52H38N4/c1-35-29-36(2)31-46(30-35)48-22-10-9-21-47(48)39-23-25-40(26-24-39)49-28-27-45(34-53-49)52-55-50(43-19-11-17-41(32-43)37-13-5-3-6-14-37)54-51(56-52)44-20-12-18-42(33-44)38-15-7-4-8-16-38/h3-34H,1-2H3. The molecular formula is C52H38N4. The summed E-state index contributed by atoms with van der Waals surface area (Å²) >= 11 is 0. The van der Waals surface area contributed by atoms with Gasteiger partial charge in [-0.15, -0.1) is 0 Å². The smallest absolute Gasteiger partial charge is 0.165 e. The summed E-state index contributed by atoms with van der Waals surface area (Å²) in [6, 6.07) is 65.6. The van der Waals surface area contributed by atoms with E-state index in [1.807, 2.05) is 24.4 Å². The number of nitrogens with zero attached hydrogens (tertiary/aromatic N) is 4. The lowest BCUT2D eigenvalue weighted by Gasteiger charge is -2.13. The maximum absolute atomic E-state index is 5.06. The molecule has 9 rings (SSSR count). The lowest BCUT2D eigenvalue weighted by molar-refractivity contribution is 1.07. The Morgan fingerprint density at radius 3 is 1.23 bits per heavy atom. The van der Waals surface area contributed by atoms with Gasteiger partial charge in [-0.2, -0.15) is 0 Å². The van der Waals surface area contributed by atoms with Crippen LogP contribution in [0.3, 0.4) is 0 Å². The molecule has 0 atom stereocenters. The second-order valence-electron chi connectivity index (χ2n) is 14.1. The average Bonchev–Trinajstić information content (AvgIpc) is 3.27. The Balaban J connectivity index is 1.07. The largest absolute Gasteiger partial charge is 0.255 e. The summed E-state index contributed by atoms with van der Waals surface area (Å²) in [5.41, 5.74) is 16.4. The summed E-state index contributed by atoms with van der Waals surface area (Å²) in [5, 5.41) is 0. The van der Waals surface area contributed by atoms with Gasteiger partial charge >= 0.3 is 0 Å². The molecule has 9 aromatic rings. The molecule has 0 fully saturated rings. The Morgan fingerprint density at radius 2 is 0.714 bits per heavy atom. The molecule has 0 spiro atoms. The number of benzene rings is 7. The van der Waals surface area contributed by atoms with Crippen LogP contribution in [-0.2, 0) is 0 Å². The zero-order chi connectivity index (χ0) is 37.8. The van der Waals surface area contributed by atoms with Crippen LogP contribution in [0, 0.1) is 13.8 Å². The molecule has 0 N–H and O–H groups in total. The Morgan fingerprint density at radius 1 is 0.286 bits per heavy atom. The lowest BCUT2D eigenvalue weighted by atomic mass is 9.92. The third kappa shape index (κ3) is 7.29. The molecule has 0 aliphatic rings. The number of hydrogen-bond acceptors (Lipinski definition) is 4. The van der Waals surface area contributed by atoms with E-state index < -0.39 is 0 Å². The van der Waals surface area contributed by atoms with Crippen molar-refractivity contribution in [3.05, 3.63) is 205 Å². The average molecular weight is 719 g/mol. The minimum absolute atomic E-state index is 0.567. The lowest BCUT2D eigenvalue weighted by Crippen LogP contribution is -2.01. The predicted octanol–water partition coefficient (Wildman–Crippen LogP) is 13.2. The van der Waals surface area contributed by atoms with Gasteiger partial charge in [0.1, 0.15) is 0 Å². The van der Waals surface area contributed by atoms with Gasteiger partial charge in [0.15, 0.2) is 17.5 Å². The molecule has 2 heterocycles. The SMILES string of the molecule is Cc1cc(C)cc(-c2ccccc2-c2ccc(-c3ccc(-c4nc(-c5cccc(-c6ccccc6)c5)nc(-c5cccc(-c6ccccc6)c5)n4)cn3)cc2)c1. The molecule has 7 aromatic carbocycles. The quantitative estimate of drug-likeness (QED) is 0.157. The van der Waals surface area contributed by atoms with Gasteiger partial charge in [0, 0.05) is 28.5 Å². The number of aryl methyl sites for hydroxylation is 2. The number of pyridine rings is 1. The maximum atomic E-state index is 5.06. The van der Waals surface area contributed by atoms with Gasteiger partial charge in [-0.05, 0) is 82.6 Å². The second kappa shape index (κ2) is 15.2. The third-order valence-corrected chi connectivity index (χ3v) is 10.1. The van der Waals surface area contributed by atoms with Crippen molar-refractivity contribution in [3.63, 3.8) is 0 Å². The first kappa shape index (κ1) is 34.5. The first-order valence-electron chi connectivity index (χ1n) is 18.9. The van der Waals surface area contributed by atoms with Crippen molar-refractivity contribution in [1.29, 1.82) is 0 Å². The van der Waals surface area contributed by atoms with E-state index in [2.05, 4.69) is 184 Å². The molecule has 0 amide bonds. The Bertz CT molecular complexity index is 2670. The molecule has 0 radical (unpaired) electrons. The molecule has 0 unspecified atom stereocenters. The summed E-state index contributed by atoms with van der Waals surface area (Å²) < 4.78 is 0. The zero-order valence-electron chi connectivity index (χ0n) is 31.3. The van der Waals surface area contributed by atoms with Crippen molar-refractivity contribution in [2.75, 3.05) is 0 Å². The van der Waals surface area contributed by atoms with Crippen molar-refractivity contribution < 1.29 is 0 Å². The fourth-order valence-electron chi connectivity index (χ4n) is 7.33. The van der Waals surface area contributed by atoms with E-state index in [9.17, 15) is 0 Å². The summed E-state index contributed by atoms with van der Waals surface area (Å²) in [6.45, 7) is 4.31. The monoisotopic (exact) mass is 718 g/mol. The van der Waals surface area contributed by atoms with E-state index in [4.69, 9.17) is 19.9 Å². The molecule has 0 saturated heterocycles. The number of rotatable bonds is 8. The van der Waals surface area contributed by atoms with Crippen molar-refractivity contribution in [2.24, 2.45) is 0 Å². The van der Waals surface area contributed by atoms with E-state index in [0.29, 0.717) is 17.5 Å². The highest BCUT2D eigenvalue weighted by molar-refractivity contribution is 5.85. The highest BCUT2D eigenvalue weighted by atomic mass is 15.0. The molecular weight excluding hydrogens is 681 g/mol. The summed E-state index contributed by atoms with van der Waals surface area (Å²) in [6.07, 6.45) is 1.86. The normalized spacial score (nSPS) is 11.0. The summed E-state index contributed by atoms with van der Waals surface area (Å²) in [7, 11) is 0. The van der Waals surface area contributed by atoms with Crippen molar-refractivity contribution in [3.8, 4) is 89.9 Å². The summed E-state index contributed by atoms with van der Waals surface area (Å²) in [5.74, 6) is 1.78. The first-order valence-corrected chi connectivity index (χ1v) is 18.9. The van der Waals surface area contributed by atoms with E-state index in [1.54, 1.807) is 0 Å². The van der Waals surface area contributed by atoms with Gasteiger partial charge in [-0.25, -0.2) is 15.0 Å². The van der Waals surface area contributed by atoms with Crippen LogP contribution >= 0.6 is 0 Å². The van der Waals surface area contributed by atoms with Gasteiger partial charge in [-0.1, -0.05) is 175 Å². The second-order valence-corrected chi connectivity index (χ2v) is 14.1. The van der Waals surface area contributed by atoms with Crippen LogP contribution in [0.1, 0.15) is 11.1 Å². The van der Waals surface area contributed by atoms with Crippen LogP contribution in [0.4, 0.5) is 0 Å². The van der Waals surface area contributed by atoms with Crippen LogP contribution in [0.15, 0.2) is 194 Å². The van der Waals surface area contributed by atoms with Crippen molar-refractivity contribution >= 4 is 0 Å². The highest BCUT2D eigenvalue weighted by Gasteiger charge is 2.15.